The summed E-state index contributed by atoms with van der Waals surface area (Å²) < 4.78 is 32.8. The van der Waals surface area contributed by atoms with Gasteiger partial charge in [-0.15, -0.1) is 0 Å². The molecule has 0 spiro atoms. The van der Waals surface area contributed by atoms with Gasteiger partial charge in [-0.3, -0.25) is 9.78 Å². The number of carboxylic acid groups (broad SMARTS) is 1. The fourth-order valence-electron chi connectivity index (χ4n) is 4.68. The fraction of sp³-hybridized carbons (Fsp3) is 0.500. The van der Waals surface area contributed by atoms with E-state index in [9.17, 15) is 23.5 Å². The summed E-state index contributed by atoms with van der Waals surface area (Å²) in [4.78, 5) is 28.5. The van der Waals surface area contributed by atoms with Gasteiger partial charge >= 0.3 is 5.97 Å². The van der Waals surface area contributed by atoms with Crippen molar-refractivity contribution in [2.45, 2.75) is 69.9 Å². The maximum Gasteiger partial charge on any atom is 0.326 e. The molecular weight excluding hydrogens is 442 g/mol. The van der Waals surface area contributed by atoms with Crippen molar-refractivity contribution in [1.82, 2.24) is 10.3 Å². The van der Waals surface area contributed by atoms with Crippen LogP contribution < -0.4 is 5.32 Å². The van der Waals surface area contributed by atoms with Crippen molar-refractivity contribution < 1.29 is 28.2 Å². The van der Waals surface area contributed by atoms with Crippen molar-refractivity contribution in [1.29, 1.82) is 0 Å². The first-order chi connectivity index (χ1) is 16.4. The minimum atomic E-state index is -1.25. The highest BCUT2D eigenvalue weighted by Gasteiger charge is 2.30. The van der Waals surface area contributed by atoms with Crippen LogP contribution in [0.3, 0.4) is 0 Å². The number of carbonyl (C=O) groups excluding carboxylic acids is 1. The largest absolute Gasteiger partial charge is 0.480 e. The number of fused-ring (bicyclic) bond motifs is 1. The molecule has 1 aromatic heterocycles. The van der Waals surface area contributed by atoms with Crippen LogP contribution in [-0.2, 0) is 28.8 Å². The van der Waals surface area contributed by atoms with Gasteiger partial charge in [-0.1, -0.05) is 6.07 Å². The molecule has 182 valence electrons. The molecule has 1 aromatic carbocycles. The van der Waals surface area contributed by atoms with Gasteiger partial charge in [-0.2, -0.15) is 0 Å². The molecule has 1 atom stereocenters. The highest BCUT2D eigenvalue weighted by molar-refractivity contribution is 5.96. The first-order valence-corrected chi connectivity index (χ1v) is 12.0. The maximum atomic E-state index is 13.8. The predicted octanol–water partition coefficient (Wildman–Crippen LogP) is 4.24. The van der Waals surface area contributed by atoms with Gasteiger partial charge in [0.25, 0.3) is 5.91 Å². The summed E-state index contributed by atoms with van der Waals surface area (Å²) in [5, 5.41) is 11.6. The zero-order chi connectivity index (χ0) is 24.1. The maximum absolute atomic E-state index is 13.8. The highest BCUT2D eigenvalue weighted by Crippen LogP contribution is 2.34. The number of amides is 1. The molecule has 4 rings (SSSR count). The second-order valence-corrected chi connectivity index (χ2v) is 9.26. The number of aliphatic carboxylic acids is 1. The number of benzene rings is 1. The number of nitrogens with zero attached hydrogens (tertiary/aromatic N) is 1. The Bertz CT molecular complexity index is 1040. The summed E-state index contributed by atoms with van der Waals surface area (Å²) in [6.45, 7) is 0.159. The molecule has 1 amide bonds. The third-order valence-corrected chi connectivity index (χ3v) is 6.77. The number of hydrogen-bond donors (Lipinski definition) is 2. The minimum Gasteiger partial charge on any atom is -0.480 e. The molecule has 8 heteroatoms. The highest BCUT2D eigenvalue weighted by atomic mass is 19.1. The number of nitrogens with one attached hydrogen (secondary N) is 1. The van der Waals surface area contributed by atoms with E-state index in [1.54, 1.807) is 0 Å². The molecule has 0 radical (unpaired) electrons. The van der Waals surface area contributed by atoms with Crippen molar-refractivity contribution in [3.63, 3.8) is 0 Å². The van der Waals surface area contributed by atoms with Crippen LogP contribution in [0.2, 0.25) is 0 Å². The Morgan fingerprint density at radius 3 is 2.74 bits per heavy atom. The number of hydrogen-bond acceptors (Lipinski definition) is 4. The van der Waals surface area contributed by atoms with Gasteiger partial charge in [0, 0.05) is 24.4 Å². The number of ether oxygens (including phenoxy) is 1. The summed E-state index contributed by atoms with van der Waals surface area (Å²) in [7, 11) is 0. The van der Waals surface area contributed by atoms with Crippen LogP contribution >= 0.6 is 0 Å². The van der Waals surface area contributed by atoms with Crippen LogP contribution in [0.15, 0.2) is 30.3 Å². The van der Waals surface area contributed by atoms with Crippen molar-refractivity contribution in [3.05, 3.63) is 64.5 Å². The van der Waals surface area contributed by atoms with Gasteiger partial charge in [0.1, 0.15) is 17.7 Å². The first-order valence-electron chi connectivity index (χ1n) is 12.0. The van der Waals surface area contributed by atoms with Crippen molar-refractivity contribution in [2.24, 2.45) is 5.92 Å². The topological polar surface area (TPSA) is 88.5 Å². The number of rotatable bonds is 10. The third kappa shape index (κ3) is 6.17. The average Bonchev–Trinajstić information content (AvgIpc) is 2.80. The second kappa shape index (κ2) is 11.0. The lowest BCUT2D eigenvalue weighted by Crippen LogP contribution is -2.42. The van der Waals surface area contributed by atoms with E-state index >= 15 is 0 Å². The van der Waals surface area contributed by atoms with E-state index in [0.717, 1.165) is 62.4 Å². The molecule has 0 saturated heterocycles. The van der Waals surface area contributed by atoms with Crippen molar-refractivity contribution >= 4 is 11.9 Å². The van der Waals surface area contributed by atoms with Crippen LogP contribution in [0, 0.1) is 17.6 Å². The van der Waals surface area contributed by atoms with Crippen LogP contribution in [0.5, 0.6) is 0 Å². The van der Waals surface area contributed by atoms with Crippen molar-refractivity contribution in [2.75, 3.05) is 6.61 Å². The van der Waals surface area contributed by atoms with E-state index in [4.69, 9.17) is 9.72 Å². The Labute approximate surface area is 197 Å². The Hall–Kier alpha value is -2.87. The number of pyridine rings is 1. The van der Waals surface area contributed by atoms with Crippen LogP contribution in [0.4, 0.5) is 8.78 Å². The molecule has 2 aliphatic rings. The molecule has 2 N–H and O–H groups in total. The quantitative estimate of drug-likeness (QED) is 0.540. The molecule has 1 fully saturated rings. The van der Waals surface area contributed by atoms with Crippen LogP contribution in [-0.4, -0.2) is 40.7 Å². The molecule has 2 aromatic rings. The Morgan fingerprint density at radius 2 is 1.94 bits per heavy atom. The number of carboxylic acids is 1. The van der Waals surface area contributed by atoms with Gasteiger partial charge in [-0.25, -0.2) is 13.6 Å². The summed E-state index contributed by atoms with van der Waals surface area (Å²) >= 11 is 0. The van der Waals surface area contributed by atoms with Crippen LogP contribution in [0.1, 0.15) is 65.8 Å². The van der Waals surface area contributed by atoms with Crippen molar-refractivity contribution in [3.8, 4) is 0 Å². The normalized spacial score (nSPS) is 20.2. The van der Waals surface area contributed by atoms with E-state index in [-0.39, 0.29) is 19.1 Å². The van der Waals surface area contributed by atoms with Gasteiger partial charge in [0.2, 0.25) is 0 Å². The zero-order valence-electron chi connectivity index (χ0n) is 19.1. The first kappa shape index (κ1) is 24.3. The van der Waals surface area contributed by atoms with E-state index in [1.807, 2.05) is 0 Å². The van der Waals surface area contributed by atoms with Gasteiger partial charge in [-0.05, 0) is 87.1 Å². The number of aryl methyl sites for hydroxylation is 3. The summed E-state index contributed by atoms with van der Waals surface area (Å²) in [6, 6.07) is 5.59. The Kier molecular flexibility index (Phi) is 7.88. The molecule has 0 aliphatic heterocycles. The van der Waals surface area contributed by atoms with Crippen LogP contribution in [0.25, 0.3) is 0 Å². The molecule has 1 heterocycles. The molecule has 1 saturated carbocycles. The monoisotopic (exact) mass is 472 g/mol. The third-order valence-electron chi connectivity index (χ3n) is 6.77. The molecule has 0 bridgehead atoms. The molecule has 34 heavy (non-hydrogen) atoms. The van der Waals surface area contributed by atoms with E-state index in [0.29, 0.717) is 5.92 Å². The number of carbonyl (C=O) groups is 2. The lowest BCUT2D eigenvalue weighted by atomic mass is 9.79. The zero-order valence-corrected chi connectivity index (χ0v) is 19.1. The molecular formula is C26H30F2N2O4. The lowest BCUT2D eigenvalue weighted by molar-refractivity contribution is -0.140. The predicted molar refractivity (Wildman–Crippen MR) is 122 cm³/mol. The van der Waals surface area contributed by atoms with Gasteiger partial charge in [0.05, 0.1) is 11.7 Å². The molecule has 2 aliphatic carbocycles. The summed E-state index contributed by atoms with van der Waals surface area (Å²) in [5.74, 6) is -3.34. The smallest absolute Gasteiger partial charge is 0.326 e. The van der Waals surface area contributed by atoms with E-state index in [1.165, 1.54) is 24.1 Å². The van der Waals surface area contributed by atoms with Gasteiger partial charge < -0.3 is 15.2 Å². The second-order valence-electron chi connectivity index (χ2n) is 9.26. The Morgan fingerprint density at radius 1 is 1.15 bits per heavy atom. The SMILES string of the molecule is O=C(NC(CCOC1CC(CCc2ccc3c(n2)CCCC3)C1)C(=O)O)c1cc(F)ccc1F. The average molecular weight is 473 g/mol. The van der Waals surface area contributed by atoms with Gasteiger partial charge in [0.15, 0.2) is 0 Å². The minimum absolute atomic E-state index is 0.0399. The lowest BCUT2D eigenvalue weighted by Gasteiger charge is -2.35. The summed E-state index contributed by atoms with van der Waals surface area (Å²) in [5.41, 5.74) is 3.28. The number of halogens is 2. The molecule has 1 unspecified atom stereocenters. The number of aromatic nitrogens is 1. The standard InChI is InChI=1S/C26H30F2N2O4/c27-18-7-10-22(28)21(15-18)25(31)30-24(26(32)33)11-12-34-20-13-16(14-20)5-8-19-9-6-17-3-1-2-4-23(17)29-19/h6-7,9-10,15-16,20,24H,1-5,8,11-14H2,(H,30,31)(H,32,33). The molecule has 6 nitrogen and oxygen atoms in total. The van der Waals surface area contributed by atoms with E-state index < -0.39 is 35.1 Å². The Balaban J connectivity index is 1.16. The summed E-state index contributed by atoms with van der Waals surface area (Å²) in [6.07, 6.45) is 8.66. The van der Waals surface area contributed by atoms with E-state index in [2.05, 4.69) is 17.4 Å². The fourth-order valence-corrected chi connectivity index (χ4v) is 4.68.